The van der Waals surface area contributed by atoms with Crippen LogP contribution in [-0.2, 0) is 10.0 Å². The predicted molar refractivity (Wildman–Crippen MR) is 113 cm³/mol. The first-order valence-corrected chi connectivity index (χ1v) is 10.6. The second-order valence-electron chi connectivity index (χ2n) is 6.56. The van der Waals surface area contributed by atoms with Crippen LogP contribution in [0.25, 0.3) is 10.9 Å². The minimum Gasteiger partial charge on any atom is -0.368 e. The Morgan fingerprint density at radius 3 is 2.66 bits per heavy atom. The van der Waals surface area contributed by atoms with E-state index in [1.54, 1.807) is 19.1 Å². The van der Waals surface area contributed by atoms with Crippen LogP contribution >= 0.6 is 0 Å². The highest BCUT2D eigenvalue weighted by atomic mass is 32.2. The van der Waals surface area contributed by atoms with Crippen molar-refractivity contribution in [3.05, 3.63) is 66.2 Å². The molecule has 8 nitrogen and oxygen atoms in total. The highest BCUT2D eigenvalue weighted by Crippen LogP contribution is 2.16. The van der Waals surface area contributed by atoms with Gasteiger partial charge >= 0.3 is 6.03 Å². The Labute approximate surface area is 169 Å². The molecular formula is C20H23N5O3S. The Morgan fingerprint density at radius 2 is 1.86 bits per heavy atom. The number of carbonyl (C=O) groups excluding carboxylic acids is 1. The number of amides is 2. The number of hydrogen-bond acceptors (Lipinski definition) is 5. The smallest absolute Gasteiger partial charge is 0.315 e. The van der Waals surface area contributed by atoms with E-state index in [9.17, 15) is 13.2 Å². The van der Waals surface area contributed by atoms with Crippen molar-refractivity contribution in [1.82, 2.24) is 15.6 Å². The molecule has 152 valence electrons. The van der Waals surface area contributed by atoms with Crippen LogP contribution in [0.3, 0.4) is 0 Å². The van der Waals surface area contributed by atoms with Gasteiger partial charge in [-0.15, -0.1) is 0 Å². The molecule has 0 bridgehead atoms. The van der Waals surface area contributed by atoms with Crippen molar-refractivity contribution in [3.63, 3.8) is 0 Å². The average Bonchev–Trinajstić information content (AvgIpc) is 2.70. The maximum Gasteiger partial charge on any atom is 0.315 e. The lowest BCUT2D eigenvalue weighted by atomic mass is 10.1. The maximum absolute atomic E-state index is 12.1. The van der Waals surface area contributed by atoms with Crippen LogP contribution in [0.2, 0.25) is 0 Å². The summed E-state index contributed by atoms with van der Waals surface area (Å²) >= 11 is 0. The molecule has 1 aromatic heterocycles. The van der Waals surface area contributed by atoms with Gasteiger partial charge in [-0.3, -0.25) is 0 Å². The predicted octanol–water partition coefficient (Wildman–Crippen LogP) is 2.35. The summed E-state index contributed by atoms with van der Waals surface area (Å²) in [6.07, 6.45) is 0. The second-order valence-corrected chi connectivity index (χ2v) is 8.12. The standard InChI is InChI=1S/C20H23N5O3S/c1-14(16-6-4-7-17(13-16)29(21,27)28)24-20(26)23-12-11-22-19-10-9-15-5-2-3-8-18(15)25-19/h2-10,13-14H,11-12H2,1H3,(H,22,25)(H2,21,27,28)(H2,23,24,26). The van der Waals surface area contributed by atoms with Gasteiger partial charge in [-0.05, 0) is 42.8 Å². The van der Waals surface area contributed by atoms with E-state index in [1.807, 2.05) is 36.4 Å². The fourth-order valence-corrected chi connectivity index (χ4v) is 3.39. The number of nitrogens with one attached hydrogen (secondary N) is 3. The Balaban J connectivity index is 1.47. The lowest BCUT2D eigenvalue weighted by molar-refractivity contribution is 0.238. The van der Waals surface area contributed by atoms with Crippen LogP contribution in [-0.4, -0.2) is 32.5 Å². The maximum atomic E-state index is 12.1. The van der Waals surface area contributed by atoms with E-state index in [0.717, 1.165) is 16.7 Å². The molecule has 3 rings (SSSR count). The number of anilines is 1. The largest absolute Gasteiger partial charge is 0.368 e. The third kappa shape index (κ3) is 5.66. The molecule has 0 aliphatic rings. The van der Waals surface area contributed by atoms with Gasteiger partial charge in [0.1, 0.15) is 5.82 Å². The first-order valence-electron chi connectivity index (χ1n) is 9.10. The molecule has 0 spiro atoms. The number of nitrogens with two attached hydrogens (primary N) is 1. The third-order valence-electron chi connectivity index (χ3n) is 4.35. The highest BCUT2D eigenvalue weighted by Gasteiger charge is 2.13. The molecule has 29 heavy (non-hydrogen) atoms. The summed E-state index contributed by atoms with van der Waals surface area (Å²) < 4.78 is 22.9. The van der Waals surface area contributed by atoms with Crippen LogP contribution in [0.1, 0.15) is 18.5 Å². The van der Waals surface area contributed by atoms with Crippen molar-refractivity contribution in [1.29, 1.82) is 0 Å². The van der Waals surface area contributed by atoms with Gasteiger partial charge in [0.2, 0.25) is 10.0 Å². The molecule has 1 unspecified atom stereocenters. The van der Waals surface area contributed by atoms with Crippen molar-refractivity contribution in [2.75, 3.05) is 18.4 Å². The molecule has 5 N–H and O–H groups in total. The van der Waals surface area contributed by atoms with E-state index in [1.165, 1.54) is 12.1 Å². The number of carbonyl (C=O) groups is 1. The zero-order chi connectivity index (χ0) is 20.9. The topological polar surface area (TPSA) is 126 Å². The Hall–Kier alpha value is -3.17. The molecule has 3 aromatic rings. The van der Waals surface area contributed by atoms with Crippen LogP contribution in [0.15, 0.2) is 65.6 Å². The molecule has 0 saturated heterocycles. The zero-order valence-corrected chi connectivity index (χ0v) is 16.7. The number of urea groups is 1. The first-order chi connectivity index (χ1) is 13.8. The number of benzene rings is 2. The molecule has 0 fully saturated rings. The van der Waals surface area contributed by atoms with Crippen molar-refractivity contribution in [3.8, 4) is 0 Å². The molecule has 2 aromatic carbocycles. The summed E-state index contributed by atoms with van der Waals surface area (Å²) in [5.74, 6) is 0.735. The number of sulfonamides is 1. The van der Waals surface area contributed by atoms with Gasteiger partial charge < -0.3 is 16.0 Å². The number of rotatable bonds is 7. The number of primary sulfonamides is 1. The van der Waals surface area contributed by atoms with E-state index in [0.29, 0.717) is 18.7 Å². The minimum atomic E-state index is -3.79. The van der Waals surface area contributed by atoms with Gasteiger partial charge in [0, 0.05) is 18.5 Å². The van der Waals surface area contributed by atoms with Gasteiger partial charge in [0.05, 0.1) is 16.5 Å². The number of aromatic nitrogens is 1. The third-order valence-corrected chi connectivity index (χ3v) is 5.26. The SMILES string of the molecule is CC(NC(=O)NCCNc1ccc2ccccc2n1)c1cccc(S(N)(=O)=O)c1. The van der Waals surface area contributed by atoms with Crippen molar-refractivity contribution in [2.24, 2.45) is 5.14 Å². The van der Waals surface area contributed by atoms with Crippen LogP contribution in [0, 0.1) is 0 Å². The summed E-state index contributed by atoms with van der Waals surface area (Å²) in [6, 6.07) is 17.2. The normalized spacial score (nSPS) is 12.3. The number of fused-ring (bicyclic) bond motifs is 1. The summed E-state index contributed by atoms with van der Waals surface area (Å²) in [5, 5.41) is 14.9. The molecule has 9 heteroatoms. The van der Waals surface area contributed by atoms with E-state index >= 15 is 0 Å². The fourth-order valence-electron chi connectivity index (χ4n) is 2.82. The van der Waals surface area contributed by atoms with Crippen LogP contribution in [0.5, 0.6) is 0 Å². The summed E-state index contributed by atoms with van der Waals surface area (Å²) in [7, 11) is -3.79. The molecule has 0 aliphatic carbocycles. The quantitative estimate of drug-likeness (QED) is 0.442. The Bertz CT molecular complexity index is 1120. The molecule has 1 heterocycles. The van der Waals surface area contributed by atoms with Crippen molar-refractivity contribution >= 4 is 32.8 Å². The van der Waals surface area contributed by atoms with E-state index in [-0.39, 0.29) is 17.0 Å². The first kappa shape index (κ1) is 20.6. The zero-order valence-electron chi connectivity index (χ0n) is 15.9. The molecule has 2 amide bonds. The van der Waals surface area contributed by atoms with Crippen LogP contribution in [0.4, 0.5) is 10.6 Å². The minimum absolute atomic E-state index is 0.0103. The van der Waals surface area contributed by atoms with Gasteiger partial charge in [-0.2, -0.15) is 0 Å². The number of pyridine rings is 1. The summed E-state index contributed by atoms with van der Waals surface area (Å²) in [6.45, 7) is 2.66. The number of para-hydroxylation sites is 1. The lowest BCUT2D eigenvalue weighted by Crippen LogP contribution is -2.39. The van der Waals surface area contributed by atoms with E-state index < -0.39 is 10.0 Å². The van der Waals surface area contributed by atoms with Crippen LogP contribution < -0.4 is 21.1 Å². The second kappa shape index (κ2) is 8.89. The highest BCUT2D eigenvalue weighted by molar-refractivity contribution is 7.89. The summed E-state index contributed by atoms with van der Waals surface area (Å²) in [5.41, 5.74) is 1.55. The molecule has 0 radical (unpaired) electrons. The van der Waals surface area contributed by atoms with E-state index in [2.05, 4.69) is 20.9 Å². The Kier molecular flexibility index (Phi) is 6.30. The summed E-state index contributed by atoms with van der Waals surface area (Å²) in [4.78, 5) is 16.6. The number of hydrogen-bond donors (Lipinski definition) is 4. The van der Waals surface area contributed by atoms with Gasteiger partial charge in [-0.1, -0.05) is 30.3 Å². The van der Waals surface area contributed by atoms with Crippen molar-refractivity contribution < 1.29 is 13.2 Å². The average molecular weight is 414 g/mol. The van der Waals surface area contributed by atoms with Gasteiger partial charge in [-0.25, -0.2) is 23.3 Å². The van der Waals surface area contributed by atoms with Gasteiger partial charge in [0.15, 0.2) is 0 Å². The number of nitrogens with zero attached hydrogens (tertiary/aromatic N) is 1. The fraction of sp³-hybridized carbons (Fsp3) is 0.200. The molecule has 1 atom stereocenters. The monoisotopic (exact) mass is 413 g/mol. The van der Waals surface area contributed by atoms with E-state index in [4.69, 9.17) is 5.14 Å². The lowest BCUT2D eigenvalue weighted by Gasteiger charge is -2.16. The Morgan fingerprint density at radius 1 is 1.07 bits per heavy atom. The van der Waals surface area contributed by atoms with Gasteiger partial charge in [0.25, 0.3) is 0 Å². The van der Waals surface area contributed by atoms with Crippen molar-refractivity contribution in [2.45, 2.75) is 17.9 Å². The molecule has 0 aliphatic heterocycles. The molecular weight excluding hydrogens is 390 g/mol. The molecule has 0 saturated carbocycles.